The van der Waals surface area contributed by atoms with Crippen LogP contribution in [0.1, 0.15) is 24.0 Å². The van der Waals surface area contributed by atoms with Crippen molar-refractivity contribution in [3.8, 4) is 5.75 Å². The van der Waals surface area contributed by atoms with E-state index in [1.807, 2.05) is 47.2 Å². The lowest BCUT2D eigenvalue weighted by Crippen LogP contribution is -2.34. The fourth-order valence-corrected chi connectivity index (χ4v) is 7.39. The largest absolute Gasteiger partial charge is 0.487 e. The van der Waals surface area contributed by atoms with Gasteiger partial charge >= 0.3 is 10.2 Å². The first kappa shape index (κ1) is 26.0. The van der Waals surface area contributed by atoms with Gasteiger partial charge < -0.3 is 4.74 Å². The summed E-state index contributed by atoms with van der Waals surface area (Å²) in [5.74, 6) is -0.333. The van der Waals surface area contributed by atoms with Gasteiger partial charge in [-0.2, -0.15) is 12.7 Å². The van der Waals surface area contributed by atoms with Crippen LogP contribution in [0, 0.1) is 0 Å². The van der Waals surface area contributed by atoms with Gasteiger partial charge in [0.05, 0.1) is 10.6 Å². The number of nitrogens with zero attached hydrogens (tertiary/aromatic N) is 2. The summed E-state index contributed by atoms with van der Waals surface area (Å²) in [6, 6.07) is 22.5. The van der Waals surface area contributed by atoms with E-state index in [2.05, 4.69) is 0 Å². The molecule has 1 N–H and O–H groups in total. The molecule has 2 fully saturated rings. The molecule has 0 aliphatic carbocycles. The third-order valence-electron chi connectivity index (χ3n) is 6.42. The van der Waals surface area contributed by atoms with Crippen molar-refractivity contribution < 1.29 is 26.4 Å². The predicted octanol–water partition coefficient (Wildman–Crippen LogP) is 3.31. The number of carbonyl (C=O) groups is 1. The molecule has 1 atom stereocenters. The maximum atomic E-state index is 13.2. The molecule has 0 saturated carbocycles. The Morgan fingerprint density at radius 3 is 2.39 bits per heavy atom. The van der Waals surface area contributed by atoms with E-state index in [9.17, 15) is 21.6 Å². The van der Waals surface area contributed by atoms with Crippen molar-refractivity contribution >= 4 is 37.9 Å². The summed E-state index contributed by atoms with van der Waals surface area (Å²) in [7, 11) is -7.65. The zero-order valence-corrected chi connectivity index (χ0v) is 22.1. The number of benzene rings is 3. The molecule has 1 amide bonds. The van der Waals surface area contributed by atoms with Gasteiger partial charge in [-0.05, 0) is 48.2 Å². The second kappa shape index (κ2) is 10.6. The Bertz CT molecular complexity index is 1560. The van der Waals surface area contributed by atoms with Crippen LogP contribution in [0.25, 0.3) is 6.08 Å². The van der Waals surface area contributed by atoms with Crippen LogP contribution in [-0.4, -0.2) is 46.2 Å². The van der Waals surface area contributed by atoms with E-state index in [0.29, 0.717) is 18.5 Å². The van der Waals surface area contributed by atoms with Crippen molar-refractivity contribution in [3.63, 3.8) is 0 Å². The quantitative estimate of drug-likeness (QED) is 0.458. The molecule has 11 heteroatoms. The lowest BCUT2D eigenvalue weighted by Gasteiger charge is -2.22. The predicted molar refractivity (Wildman–Crippen MR) is 144 cm³/mol. The number of sulfonamides is 1. The standard InChI is InChI=1S/C27H27N3O6S2/c31-27-19-30(38(34,35)28-27)25-16-14-21(18-26(25)36-20-22-8-3-1-4-9-22)13-15-23-10-7-17-29(23)37(32,33)24-11-5-2-6-12-24/h1-6,8-9,11-16,18,23H,7,10,17,19-20H2,(H,28,31). The molecule has 9 nitrogen and oxygen atoms in total. The number of hydrogen-bond donors (Lipinski definition) is 1. The summed E-state index contributed by atoms with van der Waals surface area (Å²) in [5, 5.41) is 0. The topological polar surface area (TPSA) is 113 Å². The zero-order valence-electron chi connectivity index (χ0n) is 20.4. The van der Waals surface area contributed by atoms with Crippen LogP contribution in [0.15, 0.2) is 89.8 Å². The van der Waals surface area contributed by atoms with Crippen LogP contribution in [-0.2, 0) is 31.6 Å². The number of anilines is 1. The lowest BCUT2D eigenvalue weighted by atomic mass is 10.1. The van der Waals surface area contributed by atoms with Crippen molar-refractivity contribution in [1.29, 1.82) is 0 Å². The van der Waals surface area contributed by atoms with E-state index in [1.165, 1.54) is 4.31 Å². The first-order chi connectivity index (χ1) is 18.2. The molecule has 0 spiro atoms. The summed E-state index contributed by atoms with van der Waals surface area (Å²) in [5.41, 5.74) is 1.84. The normalized spacial score (nSPS) is 19.6. The van der Waals surface area contributed by atoms with Gasteiger partial charge in [-0.1, -0.05) is 66.7 Å². The van der Waals surface area contributed by atoms with E-state index in [4.69, 9.17) is 4.74 Å². The molecule has 2 heterocycles. The Balaban J connectivity index is 1.42. The minimum Gasteiger partial charge on any atom is -0.487 e. The van der Waals surface area contributed by atoms with Gasteiger partial charge in [0.15, 0.2) is 0 Å². The summed E-state index contributed by atoms with van der Waals surface area (Å²) in [6.45, 7) is 0.292. The minimum atomic E-state index is -4.02. The highest BCUT2D eigenvalue weighted by molar-refractivity contribution is 7.92. The number of ether oxygens (including phenoxy) is 1. The third kappa shape index (κ3) is 5.45. The van der Waals surface area contributed by atoms with Gasteiger partial charge in [-0.3, -0.25) is 4.79 Å². The number of rotatable bonds is 8. The molecule has 3 aromatic rings. The molecular formula is C27H27N3O6S2. The average Bonchev–Trinajstić information content (AvgIpc) is 3.50. The van der Waals surface area contributed by atoms with Crippen LogP contribution in [0.2, 0.25) is 0 Å². The molecule has 0 bridgehead atoms. The van der Waals surface area contributed by atoms with Crippen LogP contribution in [0.4, 0.5) is 5.69 Å². The fourth-order valence-electron chi connectivity index (χ4n) is 4.56. The highest BCUT2D eigenvalue weighted by Crippen LogP contribution is 2.34. The SMILES string of the molecule is O=C1CN(c2ccc(C=CC3CCCN3S(=O)(=O)c3ccccc3)cc2OCc2ccccc2)S(=O)(=O)N1. The number of carbonyl (C=O) groups excluding carboxylic acids is 1. The molecule has 2 aliphatic heterocycles. The van der Waals surface area contributed by atoms with Gasteiger partial charge in [0, 0.05) is 12.6 Å². The summed E-state index contributed by atoms with van der Waals surface area (Å²) < 4.78 is 61.8. The molecule has 2 aliphatic rings. The van der Waals surface area contributed by atoms with E-state index in [0.717, 1.165) is 16.3 Å². The molecule has 0 radical (unpaired) electrons. The van der Waals surface area contributed by atoms with Crippen molar-refractivity contribution in [2.75, 3.05) is 17.4 Å². The minimum absolute atomic E-state index is 0.196. The van der Waals surface area contributed by atoms with Crippen LogP contribution >= 0.6 is 0 Å². The van der Waals surface area contributed by atoms with Crippen LogP contribution in [0.3, 0.4) is 0 Å². The monoisotopic (exact) mass is 553 g/mol. The molecule has 2 saturated heterocycles. The lowest BCUT2D eigenvalue weighted by molar-refractivity contribution is -0.117. The van der Waals surface area contributed by atoms with Gasteiger partial charge in [0.2, 0.25) is 10.0 Å². The maximum Gasteiger partial charge on any atom is 0.326 e. The Morgan fingerprint density at radius 1 is 1.00 bits per heavy atom. The van der Waals surface area contributed by atoms with Gasteiger partial charge in [0.25, 0.3) is 5.91 Å². The Kier molecular flexibility index (Phi) is 7.24. The van der Waals surface area contributed by atoms with Gasteiger partial charge in [-0.15, -0.1) is 0 Å². The van der Waals surface area contributed by atoms with Crippen molar-refractivity contribution in [2.45, 2.75) is 30.4 Å². The van der Waals surface area contributed by atoms with Crippen molar-refractivity contribution in [3.05, 3.63) is 96.1 Å². The second-order valence-corrected chi connectivity index (χ2v) is 12.5. The Labute approximate surface area is 222 Å². The first-order valence-electron chi connectivity index (χ1n) is 12.1. The molecule has 198 valence electrons. The maximum absolute atomic E-state index is 13.2. The second-order valence-electron chi connectivity index (χ2n) is 9.04. The molecular weight excluding hydrogens is 526 g/mol. The molecule has 1 unspecified atom stereocenters. The summed E-state index contributed by atoms with van der Waals surface area (Å²) >= 11 is 0. The van der Waals surface area contributed by atoms with E-state index < -0.39 is 26.1 Å². The Hall–Kier alpha value is -3.67. The zero-order chi connectivity index (χ0) is 26.8. The fraction of sp³-hybridized carbons (Fsp3) is 0.222. The highest BCUT2D eigenvalue weighted by atomic mass is 32.2. The van der Waals surface area contributed by atoms with E-state index >= 15 is 0 Å². The highest BCUT2D eigenvalue weighted by Gasteiger charge is 2.36. The van der Waals surface area contributed by atoms with Crippen molar-refractivity contribution in [1.82, 2.24) is 9.03 Å². The number of nitrogens with one attached hydrogen (secondary N) is 1. The van der Waals surface area contributed by atoms with Gasteiger partial charge in [-0.25, -0.2) is 17.4 Å². The number of amides is 1. The molecule has 5 rings (SSSR count). The smallest absolute Gasteiger partial charge is 0.326 e. The summed E-state index contributed by atoms with van der Waals surface area (Å²) in [6.07, 6.45) is 5.10. The van der Waals surface area contributed by atoms with Gasteiger partial charge in [0.1, 0.15) is 18.9 Å². The van der Waals surface area contributed by atoms with Crippen LogP contribution in [0.5, 0.6) is 5.75 Å². The molecule has 38 heavy (non-hydrogen) atoms. The first-order valence-corrected chi connectivity index (χ1v) is 15.0. The third-order valence-corrected chi connectivity index (χ3v) is 9.75. The van der Waals surface area contributed by atoms with E-state index in [1.54, 1.807) is 48.5 Å². The van der Waals surface area contributed by atoms with Crippen molar-refractivity contribution in [2.24, 2.45) is 0 Å². The number of hydrogen-bond acceptors (Lipinski definition) is 6. The van der Waals surface area contributed by atoms with Crippen LogP contribution < -0.4 is 13.8 Å². The molecule has 3 aromatic carbocycles. The molecule has 0 aromatic heterocycles. The average molecular weight is 554 g/mol. The van der Waals surface area contributed by atoms with E-state index in [-0.39, 0.29) is 35.5 Å². The summed E-state index contributed by atoms with van der Waals surface area (Å²) in [4.78, 5) is 12.1. The Morgan fingerprint density at radius 2 is 1.71 bits per heavy atom.